The van der Waals surface area contributed by atoms with Gasteiger partial charge in [-0.2, -0.15) is 5.26 Å². The maximum atomic E-state index is 9.44. The lowest BCUT2D eigenvalue weighted by atomic mass is 9.77. The summed E-state index contributed by atoms with van der Waals surface area (Å²) in [6.45, 7) is 8.55. The first-order valence-electron chi connectivity index (χ1n) is 10.3. The average Bonchev–Trinajstić information content (AvgIpc) is 2.83. The van der Waals surface area contributed by atoms with Gasteiger partial charge >= 0.3 is 0 Å². The molecule has 0 aliphatic rings. The highest BCUT2D eigenvalue weighted by Crippen LogP contribution is 2.38. The Hall–Kier alpha value is -2.75. The van der Waals surface area contributed by atoms with Gasteiger partial charge in [0.15, 0.2) is 10.9 Å². The van der Waals surface area contributed by atoms with E-state index in [4.69, 9.17) is 21.1 Å². The second-order valence-electron chi connectivity index (χ2n) is 7.12. The van der Waals surface area contributed by atoms with Crippen LogP contribution in [-0.4, -0.2) is 23.3 Å². The molecule has 2 aromatic carbocycles. The van der Waals surface area contributed by atoms with Crippen LogP contribution < -0.4 is 9.47 Å². The van der Waals surface area contributed by atoms with Crippen molar-refractivity contribution in [3.05, 3.63) is 76.1 Å². The molecule has 0 unspecified atom stereocenters. The summed E-state index contributed by atoms with van der Waals surface area (Å²) in [6.07, 6.45) is 3.68. The summed E-state index contributed by atoms with van der Waals surface area (Å²) in [6, 6.07) is 15.6. The van der Waals surface area contributed by atoms with E-state index in [-0.39, 0.29) is 5.41 Å². The largest absolute Gasteiger partial charge is 0.494 e. The molecular weight excluding hydrogens is 442 g/mol. The predicted molar refractivity (Wildman–Crippen MR) is 131 cm³/mol. The Morgan fingerprint density at radius 3 is 2.38 bits per heavy atom. The monoisotopic (exact) mass is 469 g/mol. The molecule has 0 N–H and O–H groups in total. The lowest BCUT2D eigenvalue weighted by Crippen LogP contribution is -2.19. The maximum Gasteiger partial charge on any atom is 0.187 e. The van der Waals surface area contributed by atoms with Gasteiger partial charge in [-0.05, 0) is 47.7 Å². The van der Waals surface area contributed by atoms with E-state index in [0.717, 1.165) is 27.7 Å². The first-order valence-corrected chi connectivity index (χ1v) is 11.9. The molecule has 0 saturated carbocycles. The Morgan fingerprint density at radius 2 is 1.78 bits per heavy atom. The quantitative estimate of drug-likeness (QED) is 0.284. The van der Waals surface area contributed by atoms with Crippen LogP contribution in [0.1, 0.15) is 50.1 Å². The predicted octanol–water partition coefficient (Wildman–Crippen LogP) is 6.66. The molecule has 5 nitrogen and oxygen atoms in total. The SMILES string of the molecule is CC.COc1c(Cl)cc(C(C)(C)c2ccc(OCc3ccnc(SC)n3)cc2)cc1C#N. The van der Waals surface area contributed by atoms with Crippen molar-refractivity contribution in [1.82, 2.24) is 9.97 Å². The fourth-order valence-corrected chi connectivity index (χ4v) is 3.76. The molecule has 3 aromatic rings. The number of nitrogens with zero attached hydrogens (tertiary/aromatic N) is 3. The summed E-state index contributed by atoms with van der Waals surface area (Å²) in [5.74, 6) is 1.15. The van der Waals surface area contributed by atoms with E-state index < -0.39 is 0 Å². The zero-order valence-corrected chi connectivity index (χ0v) is 20.8. The van der Waals surface area contributed by atoms with E-state index in [1.165, 1.54) is 18.9 Å². The third-order valence-corrected chi connectivity index (χ3v) is 5.77. The molecule has 0 saturated heterocycles. The number of benzene rings is 2. The molecule has 0 bridgehead atoms. The van der Waals surface area contributed by atoms with Crippen LogP contribution in [0.3, 0.4) is 0 Å². The van der Waals surface area contributed by atoms with Gasteiger partial charge in [0, 0.05) is 11.6 Å². The molecule has 0 aliphatic heterocycles. The normalized spacial score (nSPS) is 10.6. The number of rotatable bonds is 7. The minimum absolute atomic E-state index is 0.361. The average molecular weight is 470 g/mol. The Bertz CT molecular complexity index is 1080. The highest BCUT2D eigenvalue weighted by Gasteiger charge is 2.26. The summed E-state index contributed by atoms with van der Waals surface area (Å²) in [7, 11) is 1.51. The van der Waals surface area contributed by atoms with Gasteiger partial charge in [-0.25, -0.2) is 9.97 Å². The summed E-state index contributed by atoms with van der Waals surface area (Å²) in [5, 5.41) is 10.6. The van der Waals surface area contributed by atoms with Crippen molar-refractivity contribution in [3.63, 3.8) is 0 Å². The zero-order valence-electron chi connectivity index (χ0n) is 19.3. The van der Waals surface area contributed by atoms with E-state index in [0.29, 0.717) is 22.9 Å². The molecule has 32 heavy (non-hydrogen) atoms. The van der Waals surface area contributed by atoms with Crippen LogP contribution in [0.5, 0.6) is 11.5 Å². The van der Waals surface area contributed by atoms with Crippen molar-refractivity contribution in [2.75, 3.05) is 13.4 Å². The summed E-state index contributed by atoms with van der Waals surface area (Å²) < 4.78 is 11.1. The van der Waals surface area contributed by atoms with Crippen LogP contribution in [0.2, 0.25) is 5.02 Å². The van der Waals surface area contributed by atoms with E-state index in [9.17, 15) is 5.26 Å². The van der Waals surface area contributed by atoms with Gasteiger partial charge < -0.3 is 9.47 Å². The van der Waals surface area contributed by atoms with Crippen LogP contribution in [0, 0.1) is 11.3 Å². The number of nitriles is 1. The van der Waals surface area contributed by atoms with Crippen molar-refractivity contribution in [2.24, 2.45) is 0 Å². The Balaban J connectivity index is 0.00000176. The first-order chi connectivity index (χ1) is 15.4. The number of methoxy groups -OCH3 is 1. The fraction of sp³-hybridized carbons (Fsp3) is 0.320. The van der Waals surface area contributed by atoms with Crippen molar-refractivity contribution < 1.29 is 9.47 Å². The van der Waals surface area contributed by atoms with Crippen LogP contribution >= 0.6 is 23.4 Å². The zero-order chi connectivity index (χ0) is 23.7. The van der Waals surface area contributed by atoms with Gasteiger partial charge in [0.05, 0.1) is 23.4 Å². The molecule has 0 aliphatic carbocycles. The van der Waals surface area contributed by atoms with E-state index >= 15 is 0 Å². The number of halogens is 1. The van der Waals surface area contributed by atoms with Gasteiger partial charge in [-0.1, -0.05) is 63.2 Å². The number of aromatic nitrogens is 2. The second kappa shape index (κ2) is 11.8. The molecule has 1 heterocycles. The topological polar surface area (TPSA) is 68.0 Å². The summed E-state index contributed by atoms with van der Waals surface area (Å²) in [5.41, 5.74) is 2.90. The third-order valence-electron chi connectivity index (χ3n) is 4.93. The Morgan fingerprint density at radius 1 is 1.09 bits per heavy atom. The molecule has 168 valence electrons. The van der Waals surface area contributed by atoms with E-state index in [2.05, 4.69) is 29.9 Å². The molecular formula is C25H28ClN3O2S. The second-order valence-corrected chi connectivity index (χ2v) is 8.30. The van der Waals surface area contributed by atoms with Gasteiger partial charge in [0.25, 0.3) is 0 Å². The minimum atomic E-state index is -0.361. The van der Waals surface area contributed by atoms with Crippen molar-refractivity contribution in [2.45, 2.75) is 44.9 Å². The van der Waals surface area contributed by atoms with Crippen molar-refractivity contribution >= 4 is 23.4 Å². The van der Waals surface area contributed by atoms with Gasteiger partial charge in [-0.3, -0.25) is 0 Å². The highest BCUT2D eigenvalue weighted by molar-refractivity contribution is 7.98. The lowest BCUT2D eigenvalue weighted by molar-refractivity contribution is 0.300. The number of ether oxygens (including phenoxy) is 2. The highest BCUT2D eigenvalue weighted by atomic mass is 35.5. The summed E-state index contributed by atoms with van der Waals surface area (Å²) in [4.78, 5) is 8.59. The van der Waals surface area contributed by atoms with Crippen molar-refractivity contribution in [3.8, 4) is 17.6 Å². The molecule has 0 atom stereocenters. The Labute approximate surface area is 199 Å². The number of hydrogen-bond donors (Lipinski definition) is 0. The molecule has 3 rings (SSSR count). The van der Waals surface area contributed by atoms with Crippen LogP contribution in [0.25, 0.3) is 0 Å². The number of thioether (sulfide) groups is 1. The molecule has 0 fully saturated rings. The molecule has 7 heteroatoms. The van der Waals surface area contributed by atoms with Crippen molar-refractivity contribution in [1.29, 1.82) is 5.26 Å². The lowest BCUT2D eigenvalue weighted by Gasteiger charge is -2.27. The third kappa shape index (κ3) is 5.93. The van der Waals surface area contributed by atoms with Gasteiger partial charge in [-0.15, -0.1) is 0 Å². The minimum Gasteiger partial charge on any atom is -0.494 e. The summed E-state index contributed by atoms with van der Waals surface area (Å²) >= 11 is 7.84. The molecule has 1 aromatic heterocycles. The molecule has 0 spiro atoms. The maximum absolute atomic E-state index is 9.44. The Kier molecular flexibility index (Phi) is 9.37. The number of hydrogen-bond acceptors (Lipinski definition) is 6. The molecule has 0 amide bonds. The van der Waals surface area contributed by atoms with Crippen LogP contribution in [-0.2, 0) is 12.0 Å². The van der Waals surface area contributed by atoms with Crippen LogP contribution in [0.15, 0.2) is 53.8 Å². The van der Waals surface area contributed by atoms with Gasteiger partial charge in [0.1, 0.15) is 18.4 Å². The smallest absolute Gasteiger partial charge is 0.187 e. The van der Waals surface area contributed by atoms with E-state index in [1.807, 2.05) is 62.6 Å². The van der Waals surface area contributed by atoms with Crippen LogP contribution in [0.4, 0.5) is 0 Å². The molecule has 0 radical (unpaired) electrons. The van der Waals surface area contributed by atoms with Gasteiger partial charge in [0.2, 0.25) is 0 Å². The first kappa shape index (κ1) is 25.5. The standard InChI is InChI=1S/C23H22ClN3O2S.C2H6/c1-23(2,17-11-15(13-25)21(28-3)20(24)12-17)16-5-7-19(8-6-16)29-14-18-9-10-26-22(27-18)30-4;1-2/h5-12H,14H2,1-4H3;1-2H3. The fourth-order valence-electron chi connectivity index (χ4n) is 3.09. The van der Waals surface area contributed by atoms with E-state index in [1.54, 1.807) is 6.20 Å².